The molecule has 3 N–H and O–H groups in total. The maximum Gasteiger partial charge on any atom is 0.271 e. The molecule has 0 saturated heterocycles. The molecule has 1 amide bonds. The number of aromatic hydroxyl groups is 1. The SMILES string of the molecule is O=C(N/N=C/c1cc[nH+]cc1)c1ccc(O)cc1.O=[N+]([O-])[O-]. The molecule has 0 bridgehead atoms. The highest BCUT2D eigenvalue weighted by molar-refractivity contribution is 5.94. The molecule has 0 saturated carbocycles. The molecule has 2 rings (SSSR count). The lowest BCUT2D eigenvalue weighted by Gasteiger charge is -1.99. The predicted molar refractivity (Wildman–Crippen MR) is 76.5 cm³/mol. The maximum atomic E-state index is 11.6. The lowest BCUT2D eigenvalue weighted by molar-refractivity contribution is -0.402. The maximum absolute atomic E-state index is 11.6. The summed E-state index contributed by atoms with van der Waals surface area (Å²) in [6.07, 6.45) is 5.08. The van der Waals surface area contributed by atoms with Crippen LogP contribution in [0.3, 0.4) is 0 Å². The van der Waals surface area contributed by atoms with E-state index < -0.39 is 5.09 Å². The largest absolute Gasteiger partial charge is 0.508 e. The Morgan fingerprint density at radius 2 is 1.73 bits per heavy atom. The zero-order chi connectivity index (χ0) is 16.4. The molecular weight excluding hydrogens is 292 g/mol. The second-order valence-electron chi connectivity index (χ2n) is 3.80. The van der Waals surface area contributed by atoms with Gasteiger partial charge < -0.3 is 20.4 Å². The van der Waals surface area contributed by atoms with E-state index in [0.29, 0.717) is 5.56 Å². The standard InChI is InChI=1S/C13H11N3O2.NO3/c17-12-3-1-11(2-4-12)13(18)16-15-9-10-5-7-14-8-6-10;2-1(3)4/h1-9,17H,(H,16,18);/q;-1/p+1/b15-9+;. The van der Waals surface area contributed by atoms with Crippen LogP contribution in [0, 0.1) is 15.3 Å². The highest BCUT2D eigenvalue weighted by Gasteiger charge is 2.02. The number of rotatable bonds is 3. The molecule has 1 aromatic carbocycles. The molecule has 1 aromatic heterocycles. The number of hydrogen-bond donors (Lipinski definition) is 2. The van der Waals surface area contributed by atoms with Gasteiger partial charge in [-0.15, -0.1) is 0 Å². The summed E-state index contributed by atoms with van der Waals surface area (Å²) in [7, 11) is 0. The normalized spacial score (nSPS) is 9.64. The number of nitrogens with zero attached hydrogens (tertiary/aromatic N) is 2. The van der Waals surface area contributed by atoms with Gasteiger partial charge in [-0.1, -0.05) is 0 Å². The van der Waals surface area contributed by atoms with Gasteiger partial charge in [0.05, 0.1) is 11.3 Å². The number of benzene rings is 1. The first-order chi connectivity index (χ1) is 10.5. The Kier molecular flexibility index (Phi) is 6.50. The molecule has 9 nitrogen and oxygen atoms in total. The minimum Gasteiger partial charge on any atom is -0.508 e. The summed E-state index contributed by atoms with van der Waals surface area (Å²) in [4.78, 5) is 22.8. The van der Waals surface area contributed by atoms with Crippen LogP contribution in [0.2, 0.25) is 0 Å². The summed E-state index contributed by atoms with van der Waals surface area (Å²) >= 11 is 0. The third-order valence-electron chi connectivity index (χ3n) is 2.25. The number of hydrogen-bond acceptors (Lipinski definition) is 6. The van der Waals surface area contributed by atoms with Gasteiger partial charge >= 0.3 is 0 Å². The van der Waals surface area contributed by atoms with E-state index in [4.69, 9.17) is 20.4 Å². The smallest absolute Gasteiger partial charge is 0.271 e. The third-order valence-corrected chi connectivity index (χ3v) is 2.25. The molecule has 0 aliphatic carbocycles. The zero-order valence-corrected chi connectivity index (χ0v) is 11.2. The Hall–Kier alpha value is -3.49. The molecule has 0 atom stereocenters. The van der Waals surface area contributed by atoms with Crippen molar-refractivity contribution in [3.05, 3.63) is 75.2 Å². The Morgan fingerprint density at radius 1 is 1.18 bits per heavy atom. The number of carbonyl (C=O) groups is 1. The predicted octanol–water partition coefficient (Wildman–Crippen LogP) is 0.731. The number of hydrazone groups is 1. The van der Waals surface area contributed by atoms with Gasteiger partial charge in [-0.3, -0.25) is 4.79 Å². The molecule has 0 spiro atoms. The average molecular weight is 304 g/mol. The van der Waals surface area contributed by atoms with Gasteiger partial charge in [-0.25, -0.2) is 10.4 Å². The van der Waals surface area contributed by atoms with Gasteiger partial charge in [0.25, 0.3) is 5.91 Å². The van der Waals surface area contributed by atoms with Crippen LogP contribution < -0.4 is 10.4 Å². The Balaban J connectivity index is 0.000000541. The lowest BCUT2D eigenvalue weighted by atomic mass is 10.2. The lowest BCUT2D eigenvalue weighted by Crippen LogP contribution is -2.17. The number of aromatic nitrogens is 1. The van der Waals surface area contributed by atoms with Crippen LogP contribution in [-0.4, -0.2) is 22.3 Å². The number of amides is 1. The number of pyridine rings is 1. The van der Waals surface area contributed by atoms with Gasteiger partial charge in [0, 0.05) is 23.3 Å². The second kappa shape index (κ2) is 8.64. The van der Waals surface area contributed by atoms with E-state index >= 15 is 0 Å². The van der Waals surface area contributed by atoms with Crippen molar-refractivity contribution in [2.24, 2.45) is 5.10 Å². The third kappa shape index (κ3) is 6.61. The summed E-state index contributed by atoms with van der Waals surface area (Å²) in [5.74, 6) is -0.204. The van der Waals surface area contributed by atoms with Crippen LogP contribution in [-0.2, 0) is 0 Å². The second-order valence-corrected chi connectivity index (χ2v) is 3.80. The Bertz CT molecular complexity index is 639. The average Bonchev–Trinajstić information content (AvgIpc) is 2.48. The van der Waals surface area contributed by atoms with Crippen molar-refractivity contribution in [3.63, 3.8) is 0 Å². The fraction of sp³-hybridized carbons (Fsp3) is 0. The molecule has 0 unspecified atom stereocenters. The topological polar surface area (TPSA) is 142 Å². The van der Waals surface area contributed by atoms with Gasteiger partial charge in [-0.2, -0.15) is 5.10 Å². The molecule has 22 heavy (non-hydrogen) atoms. The molecule has 1 heterocycles. The minimum absolute atomic E-state index is 0.121. The molecule has 9 heteroatoms. The molecule has 0 aliphatic rings. The van der Waals surface area contributed by atoms with Crippen molar-refractivity contribution in [3.8, 4) is 5.75 Å². The summed E-state index contributed by atoms with van der Waals surface area (Å²) in [6.45, 7) is 0. The van der Waals surface area contributed by atoms with Crippen LogP contribution in [0.1, 0.15) is 15.9 Å². The first kappa shape index (κ1) is 16.6. The number of aromatic amines is 1. The highest BCUT2D eigenvalue weighted by atomic mass is 16.9. The monoisotopic (exact) mass is 304 g/mol. The van der Waals surface area contributed by atoms with Crippen LogP contribution in [0.15, 0.2) is 53.9 Å². The fourth-order valence-corrected chi connectivity index (χ4v) is 1.33. The van der Waals surface area contributed by atoms with Crippen molar-refractivity contribution < 1.29 is 20.0 Å². The quantitative estimate of drug-likeness (QED) is 0.488. The van der Waals surface area contributed by atoms with Crippen LogP contribution >= 0.6 is 0 Å². The zero-order valence-electron chi connectivity index (χ0n) is 11.2. The van der Waals surface area contributed by atoms with Crippen LogP contribution in [0.5, 0.6) is 5.75 Å². The van der Waals surface area contributed by atoms with Crippen molar-refractivity contribution in [1.82, 2.24) is 5.43 Å². The Labute approximate surface area is 124 Å². The van der Waals surface area contributed by atoms with E-state index in [1.165, 1.54) is 24.3 Å². The van der Waals surface area contributed by atoms with E-state index in [1.807, 2.05) is 12.1 Å². The van der Waals surface area contributed by atoms with E-state index in [2.05, 4.69) is 15.5 Å². The first-order valence-corrected chi connectivity index (χ1v) is 5.89. The van der Waals surface area contributed by atoms with Gasteiger partial charge in [0.1, 0.15) is 5.75 Å². The van der Waals surface area contributed by atoms with Crippen molar-refractivity contribution in [1.29, 1.82) is 0 Å². The highest BCUT2D eigenvalue weighted by Crippen LogP contribution is 2.09. The van der Waals surface area contributed by atoms with Crippen molar-refractivity contribution >= 4 is 12.1 Å². The Morgan fingerprint density at radius 3 is 2.27 bits per heavy atom. The minimum atomic E-state index is -1.75. The van der Waals surface area contributed by atoms with Gasteiger partial charge in [0.15, 0.2) is 12.4 Å². The van der Waals surface area contributed by atoms with Gasteiger partial charge in [-0.05, 0) is 24.3 Å². The molecule has 114 valence electrons. The molecular formula is C13H12N4O5. The fourth-order valence-electron chi connectivity index (χ4n) is 1.33. The van der Waals surface area contributed by atoms with Gasteiger partial charge in [0.2, 0.25) is 0 Å². The van der Waals surface area contributed by atoms with Crippen molar-refractivity contribution in [2.75, 3.05) is 0 Å². The number of carbonyl (C=O) groups excluding carboxylic acids is 1. The molecule has 2 aromatic rings. The number of nitrogens with one attached hydrogen (secondary N) is 2. The molecule has 0 radical (unpaired) electrons. The molecule has 0 fully saturated rings. The van der Waals surface area contributed by atoms with E-state index in [9.17, 15) is 4.79 Å². The summed E-state index contributed by atoms with van der Waals surface area (Å²) in [5.41, 5.74) is 3.72. The summed E-state index contributed by atoms with van der Waals surface area (Å²) < 4.78 is 0. The first-order valence-electron chi connectivity index (χ1n) is 5.89. The summed E-state index contributed by atoms with van der Waals surface area (Å²) in [5, 5.41) is 27.7. The summed E-state index contributed by atoms with van der Waals surface area (Å²) in [6, 6.07) is 9.61. The van der Waals surface area contributed by atoms with E-state index in [1.54, 1.807) is 18.6 Å². The van der Waals surface area contributed by atoms with Crippen LogP contribution in [0.4, 0.5) is 0 Å². The van der Waals surface area contributed by atoms with E-state index in [-0.39, 0.29) is 11.7 Å². The number of H-pyrrole nitrogens is 1. The van der Waals surface area contributed by atoms with Crippen molar-refractivity contribution in [2.45, 2.75) is 0 Å². The van der Waals surface area contributed by atoms with Crippen LogP contribution in [0.25, 0.3) is 0 Å². The van der Waals surface area contributed by atoms with E-state index in [0.717, 1.165) is 5.56 Å². The number of phenols is 1. The molecule has 0 aliphatic heterocycles. The number of phenolic OH excluding ortho intramolecular Hbond substituents is 1.